The molecule has 0 amide bonds. The van der Waals surface area contributed by atoms with Gasteiger partial charge in [-0.15, -0.1) is 0 Å². The van der Waals surface area contributed by atoms with Crippen molar-refractivity contribution >= 4 is 19.9 Å². The van der Waals surface area contributed by atoms with Crippen LogP contribution >= 0.6 is 0 Å². The summed E-state index contributed by atoms with van der Waals surface area (Å²) < 4.78 is 0. The van der Waals surface area contributed by atoms with Crippen LogP contribution in [-0.2, 0) is 0 Å². The van der Waals surface area contributed by atoms with Crippen LogP contribution in [0.25, 0.3) is 0 Å². The average Bonchev–Trinajstić information content (AvgIpc) is 2.24. The maximum Gasteiger partial charge on any atom is 0.114 e. The topological polar surface area (TPSA) is 40.5 Å². The lowest BCUT2D eigenvalue weighted by Crippen LogP contribution is -2.27. The fourth-order valence-electron chi connectivity index (χ4n) is 1.53. The number of benzene rings is 2. The molecule has 2 nitrogen and oxygen atoms in total. The molecule has 0 spiro atoms. The molecule has 2 aromatic carbocycles. The first-order chi connectivity index (χ1) is 7.27. The van der Waals surface area contributed by atoms with Gasteiger partial charge in [0.1, 0.15) is 11.5 Å². The number of rotatable bonds is 2. The van der Waals surface area contributed by atoms with Gasteiger partial charge < -0.3 is 10.2 Å². The lowest BCUT2D eigenvalue weighted by Gasteiger charge is -2.05. The van der Waals surface area contributed by atoms with E-state index in [2.05, 4.69) is 0 Å². The largest absolute Gasteiger partial charge is 0.508 e. The second-order valence-electron chi connectivity index (χ2n) is 3.43. The molecule has 0 aliphatic heterocycles. The highest BCUT2D eigenvalue weighted by Crippen LogP contribution is 2.05. The third kappa shape index (κ3) is 2.19. The van der Waals surface area contributed by atoms with Crippen LogP contribution in [0.15, 0.2) is 48.5 Å². The van der Waals surface area contributed by atoms with Crippen molar-refractivity contribution in [2.45, 2.75) is 0 Å². The lowest BCUT2D eigenvalue weighted by molar-refractivity contribution is 0.479. The number of phenols is 2. The highest BCUT2D eigenvalue weighted by atomic mass is 28.2. The van der Waals surface area contributed by atoms with E-state index in [1.165, 1.54) is 0 Å². The molecule has 0 fully saturated rings. The molecule has 0 bridgehead atoms. The third-order valence-corrected chi connectivity index (χ3v) is 4.32. The normalized spacial score (nSPS) is 10.1. The molecule has 0 heterocycles. The van der Waals surface area contributed by atoms with Gasteiger partial charge >= 0.3 is 0 Å². The molecule has 0 atom stereocenters. The Balaban J connectivity index is 2.30. The Hall–Kier alpha value is -1.74. The van der Waals surface area contributed by atoms with Crippen molar-refractivity contribution in [1.29, 1.82) is 0 Å². The van der Waals surface area contributed by atoms with Gasteiger partial charge in [0.05, 0.1) is 9.52 Å². The summed E-state index contributed by atoms with van der Waals surface area (Å²) in [6, 6.07) is 14.6. The maximum absolute atomic E-state index is 9.62. The van der Waals surface area contributed by atoms with Crippen LogP contribution in [0.5, 0.6) is 11.5 Å². The number of para-hydroxylation sites is 2. The minimum absolute atomic E-state index is 0.326. The first kappa shape index (κ1) is 9.80. The Bertz CT molecular complexity index is 425. The quantitative estimate of drug-likeness (QED) is 0.705. The summed E-state index contributed by atoms with van der Waals surface area (Å²) in [5, 5.41) is 21.1. The fourth-order valence-corrected chi connectivity index (χ4v) is 3.04. The van der Waals surface area contributed by atoms with E-state index in [-0.39, 0.29) is 0 Å². The molecule has 0 aliphatic carbocycles. The first-order valence-corrected chi connectivity index (χ1v) is 6.22. The molecule has 0 saturated carbocycles. The van der Waals surface area contributed by atoms with E-state index >= 15 is 0 Å². The minimum Gasteiger partial charge on any atom is -0.508 e. The fraction of sp³-hybridized carbons (Fsp3) is 0. The van der Waals surface area contributed by atoms with E-state index in [1.807, 2.05) is 24.3 Å². The maximum atomic E-state index is 9.62. The average molecular weight is 216 g/mol. The highest BCUT2D eigenvalue weighted by Gasteiger charge is 2.05. The smallest absolute Gasteiger partial charge is 0.114 e. The number of hydrogen-bond acceptors (Lipinski definition) is 2. The summed E-state index contributed by atoms with van der Waals surface area (Å²) in [7, 11) is -0.792. The van der Waals surface area contributed by atoms with Gasteiger partial charge in [-0.3, -0.25) is 0 Å². The molecular formula is C12H12O2Si. The van der Waals surface area contributed by atoms with Crippen LogP contribution in [-0.4, -0.2) is 19.7 Å². The zero-order valence-corrected chi connectivity index (χ0v) is 9.63. The van der Waals surface area contributed by atoms with E-state index in [0.717, 1.165) is 10.4 Å². The van der Waals surface area contributed by atoms with Gasteiger partial charge in [-0.1, -0.05) is 36.4 Å². The van der Waals surface area contributed by atoms with Gasteiger partial charge in [0.2, 0.25) is 0 Å². The monoisotopic (exact) mass is 216 g/mol. The van der Waals surface area contributed by atoms with Crippen LogP contribution in [0.2, 0.25) is 0 Å². The Kier molecular flexibility index (Phi) is 2.74. The van der Waals surface area contributed by atoms with E-state index in [1.54, 1.807) is 24.3 Å². The Morgan fingerprint density at radius 3 is 1.47 bits per heavy atom. The van der Waals surface area contributed by atoms with Crippen molar-refractivity contribution in [3.8, 4) is 11.5 Å². The van der Waals surface area contributed by atoms with Crippen molar-refractivity contribution in [3.05, 3.63) is 48.5 Å². The van der Waals surface area contributed by atoms with E-state index < -0.39 is 9.52 Å². The SMILES string of the molecule is Oc1ccccc1[SiH2]c1ccccc1O. The van der Waals surface area contributed by atoms with Crippen LogP contribution < -0.4 is 10.4 Å². The molecule has 0 unspecified atom stereocenters. The minimum atomic E-state index is -0.792. The second-order valence-corrected chi connectivity index (χ2v) is 5.31. The summed E-state index contributed by atoms with van der Waals surface area (Å²) in [6.45, 7) is 0. The van der Waals surface area contributed by atoms with Crippen molar-refractivity contribution in [1.82, 2.24) is 0 Å². The summed E-state index contributed by atoms with van der Waals surface area (Å²) in [4.78, 5) is 0. The molecule has 76 valence electrons. The number of phenolic OH excluding ortho intramolecular Hbond substituents is 2. The van der Waals surface area contributed by atoms with E-state index in [4.69, 9.17) is 0 Å². The Morgan fingerprint density at radius 1 is 0.667 bits per heavy atom. The van der Waals surface area contributed by atoms with Crippen LogP contribution in [0.4, 0.5) is 0 Å². The molecule has 2 N–H and O–H groups in total. The lowest BCUT2D eigenvalue weighted by atomic mass is 10.3. The summed E-state index contributed by atoms with van der Waals surface area (Å²) >= 11 is 0. The van der Waals surface area contributed by atoms with Crippen LogP contribution in [0, 0.1) is 0 Å². The Morgan fingerprint density at radius 2 is 1.07 bits per heavy atom. The predicted molar refractivity (Wildman–Crippen MR) is 64.0 cm³/mol. The number of aromatic hydroxyl groups is 2. The van der Waals surface area contributed by atoms with Crippen LogP contribution in [0.1, 0.15) is 0 Å². The zero-order valence-electron chi connectivity index (χ0n) is 8.22. The molecule has 2 aromatic rings. The van der Waals surface area contributed by atoms with Crippen LogP contribution in [0.3, 0.4) is 0 Å². The van der Waals surface area contributed by atoms with Crippen molar-refractivity contribution in [2.75, 3.05) is 0 Å². The molecule has 0 radical (unpaired) electrons. The first-order valence-electron chi connectivity index (χ1n) is 4.81. The summed E-state index contributed by atoms with van der Waals surface area (Å²) in [6.07, 6.45) is 0. The van der Waals surface area contributed by atoms with Gasteiger partial charge in [-0.25, -0.2) is 0 Å². The number of hydrogen-bond donors (Lipinski definition) is 2. The zero-order chi connectivity index (χ0) is 10.7. The van der Waals surface area contributed by atoms with Crippen molar-refractivity contribution in [3.63, 3.8) is 0 Å². The highest BCUT2D eigenvalue weighted by molar-refractivity contribution is 6.69. The molecule has 3 heteroatoms. The predicted octanol–water partition coefficient (Wildman–Crippen LogP) is 0.217. The van der Waals surface area contributed by atoms with Gasteiger partial charge in [0.25, 0.3) is 0 Å². The van der Waals surface area contributed by atoms with E-state index in [9.17, 15) is 10.2 Å². The molecule has 2 rings (SSSR count). The van der Waals surface area contributed by atoms with Gasteiger partial charge in [-0.05, 0) is 22.5 Å². The summed E-state index contributed by atoms with van der Waals surface area (Å²) in [5.41, 5.74) is 0. The van der Waals surface area contributed by atoms with Gasteiger partial charge in [0, 0.05) is 0 Å². The standard InChI is InChI=1S/C12H12O2Si/c13-9-5-1-3-7-11(9)15-12-8-4-2-6-10(12)14/h1-8,13-14H,15H2. The van der Waals surface area contributed by atoms with Gasteiger partial charge in [0.15, 0.2) is 0 Å². The Labute approximate surface area is 90.7 Å². The second kappa shape index (κ2) is 4.19. The molecule has 15 heavy (non-hydrogen) atoms. The molecule has 0 aromatic heterocycles. The summed E-state index contributed by atoms with van der Waals surface area (Å²) in [5.74, 6) is 0.653. The molecular weight excluding hydrogens is 204 g/mol. The molecule has 0 saturated heterocycles. The molecule has 0 aliphatic rings. The van der Waals surface area contributed by atoms with Crippen molar-refractivity contribution < 1.29 is 10.2 Å². The van der Waals surface area contributed by atoms with Crippen molar-refractivity contribution in [2.24, 2.45) is 0 Å². The van der Waals surface area contributed by atoms with Gasteiger partial charge in [-0.2, -0.15) is 0 Å². The third-order valence-electron chi connectivity index (χ3n) is 2.36. The van der Waals surface area contributed by atoms with E-state index in [0.29, 0.717) is 11.5 Å².